The van der Waals surface area contributed by atoms with Gasteiger partial charge in [-0.25, -0.2) is 0 Å². The molecule has 1 fully saturated rings. The van der Waals surface area contributed by atoms with E-state index in [1.54, 1.807) is 12.1 Å². The molecule has 0 unspecified atom stereocenters. The van der Waals surface area contributed by atoms with Crippen molar-refractivity contribution in [2.75, 3.05) is 44.7 Å². The van der Waals surface area contributed by atoms with Crippen molar-refractivity contribution in [2.24, 2.45) is 0 Å². The van der Waals surface area contributed by atoms with Crippen LogP contribution in [0.2, 0.25) is 5.02 Å². The third-order valence-corrected chi connectivity index (χ3v) is 6.48. The smallest absolute Gasteiger partial charge is 0.278 e. The zero-order chi connectivity index (χ0) is 21.1. The molecule has 6 nitrogen and oxygen atoms in total. The Morgan fingerprint density at radius 3 is 2.67 bits per heavy atom. The highest BCUT2D eigenvalue weighted by molar-refractivity contribution is 7.11. The first-order valence-electron chi connectivity index (χ1n) is 10.0. The number of rotatable bonds is 7. The lowest BCUT2D eigenvalue weighted by atomic mass is 10.1. The molecular formula is C22H24ClN3O3S. The Morgan fingerprint density at radius 1 is 1.13 bits per heavy atom. The van der Waals surface area contributed by atoms with E-state index in [9.17, 15) is 9.59 Å². The van der Waals surface area contributed by atoms with Gasteiger partial charge in [0.2, 0.25) is 0 Å². The van der Waals surface area contributed by atoms with Crippen LogP contribution in [0, 0.1) is 6.92 Å². The minimum atomic E-state index is -0.287. The van der Waals surface area contributed by atoms with Crippen LogP contribution in [0.25, 0.3) is 5.57 Å². The number of carbonyl (C=O) groups excluding carboxylic acids is 2. The lowest BCUT2D eigenvalue weighted by Crippen LogP contribution is -2.39. The molecule has 0 radical (unpaired) electrons. The number of carbonyl (C=O) groups is 2. The molecule has 4 rings (SSSR count). The Morgan fingerprint density at radius 2 is 1.93 bits per heavy atom. The van der Waals surface area contributed by atoms with Gasteiger partial charge >= 0.3 is 0 Å². The molecule has 0 bridgehead atoms. The summed E-state index contributed by atoms with van der Waals surface area (Å²) in [5.74, 6) is -0.531. The first-order valence-corrected chi connectivity index (χ1v) is 11.3. The fourth-order valence-corrected chi connectivity index (χ4v) is 4.63. The zero-order valence-corrected chi connectivity index (χ0v) is 18.4. The summed E-state index contributed by atoms with van der Waals surface area (Å²) in [5, 5.41) is 5.68. The van der Waals surface area contributed by atoms with E-state index >= 15 is 0 Å². The molecular weight excluding hydrogens is 422 g/mol. The van der Waals surface area contributed by atoms with E-state index in [1.807, 2.05) is 30.5 Å². The molecule has 2 aromatic rings. The van der Waals surface area contributed by atoms with Crippen LogP contribution in [0.15, 0.2) is 41.4 Å². The van der Waals surface area contributed by atoms with Crippen LogP contribution in [0.4, 0.5) is 5.69 Å². The maximum atomic E-state index is 13.2. The van der Waals surface area contributed by atoms with Crippen molar-refractivity contribution < 1.29 is 14.3 Å². The van der Waals surface area contributed by atoms with Crippen molar-refractivity contribution in [1.29, 1.82) is 0 Å². The van der Waals surface area contributed by atoms with Gasteiger partial charge in [-0.3, -0.25) is 19.4 Å². The molecule has 158 valence electrons. The number of imide groups is 1. The highest BCUT2D eigenvalue weighted by Gasteiger charge is 2.39. The number of anilines is 1. The first kappa shape index (κ1) is 21.1. The number of amides is 2. The molecule has 30 heavy (non-hydrogen) atoms. The lowest BCUT2D eigenvalue weighted by Gasteiger charge is -2.27. The number of thiophene rings is 1. The number of morpholine rings is 1. The number of nitrogens with zero attached hydrogens (tertiary/aromatic N) is 2. The molecule has 0 aliphatic carbocycles. The van der Waals surface area contributed by atoms with Crippen molar-refractivity contribution in [2.45, 2.75) is 13.3 Å². The van der Waals surface area contributed by atoms with E-state index in [-0.39, 0.29) is 11.8 Å². The largest absolute Gasteiger partial charge is 0.379 e. The number of benzene rings is 1. The third-order valence-electron chi connectivity index (χ3n) is 5.35. The van der Waals surface area contributed by atoms with Gasteiger partial charge in [0, 0.05) is 41.8 Å². The number of aryl methyl sites for hydroxylation is 1. The summed E-state index contributed by atoms with van der Waals surface area (Å²) < 4.78 is 5.37. The molecule has 1 saturated heterocycles. The van der Waals surface area contributed by atoms with Crippen LogP contribution < -0.4 is 5.32 Å². The second-order valence-electron chi connectivity index (χ2n) is 7.38. The number of hydrogen-bond donors (Lipinski definition) is 1. The summed E-state index contributed by atoms with van der Waals surface area (Å²) in [6.45, 7) is 6.42. The fourth-order valence-electron chi connectivity index (χ4n) is 3.69. The van der Waals surface area contributed by atoms with Gasteiger partial charge in [-0.15, -0.1) is 11.3 Å². The average Bonchev–Trinajstić information content (AvgIpc) is 3.34. The van der Waals surface area contributed by atoms with E-state index < -0.39 is 0 Å². The fraction of sp³-hybridized carbons (Fsp3) is 0.364. The Balaban J connectivity index is 1.54. The highest BCUT2D eigenvalue weighted by Crippen LogP contribution is 2.34. The summed E-state index contributed by atoms with van der Waals surface area (Å²) in [6.07, 6.45) is 0.735. The molecule has 3 heterocycles. The first-order chi connectivity index (χ1) is 14.5. The second-order valence-corrected chi connectivity index (χ2v) is 8.77. The van der Waals surface area contributed by atoms with Gasteiger partial charge in [-0.2, -0.15) is 0 Å². The number of halogens is 1. The molecule has 2 amide bonds. The molecule has 0 spiro atoms. The van der Waals surface area contributed by atoms with Crippen LogP contribution in [0.1, 0.15) is 16.9 Å². The van der Waals surface area contributed by atoms with Crippen LogP contribution in [0.5, 0.6) is 0 Å². The quantitative estimate of drug-likeness (QED) is 0.659. The van der Waals surface area contributed by atoms with Gasteiger partial charge in [-0.1, -0.05) is 23.7 Å². The van der Waals surface area contributed by atoms with Gasteiger partial charge in [0.1, 0.15) is 5.70 Å². The molecule has 1 N–H and O–H groups in total. The predicted molar refractivity (Wildman–Crippen MR) is 120 cm³/mol. The predicted octanol–water partition coefficient (Wildman–Crippen LogP) is 3.62. The van der Waals surface area contributed by atoms with Gasteiger partial charge in [0.15, 0.2) is 0 Å². The second kappa shape index (κ2) is 9.31. The number of hydrogen-bond acceptors (Lipinski definition) is 6. The maximum absolute atomic E-state index is 13.2. The molecule has 2 aliphatic rings. The SMILES string of the molecule is Cc1ccc(Cl)cc1NC1=C(c2cccs2)C(=O)N(CCCN2CCOCC2)C1=O. The summed E-state index contributed by atoms with van der Waals surface area (Å²) in [7, 11) is 0. The summed E-state index contributed by atoms with van der Waals surface area (Å²) in [6, 6.07) is 9.21. The molecule has 0 saturated carbocycles. The Bertz CT molecular complexity index is 968. The minimum absolute atomic E-state index is 0.244. The van der Waals surface area contributed by atoms with Gasteiger partial charge in [0.05, 0.1) is 18.8 Å². The van der Waals surface area contributed by atoms with E-state index in [0.717, 1.165) is 55.4 Å². The van der Waals surface area contributed by atoms with E-state index in [4.69, 9.17) is 16.3 Å². The number of nitrogens with one attached hydrogen (secondary N) is 1. The standard InChI is InChI=1S/C22H24ClN3O3S/c1-15-5-6-16(23)14-17(15)24-20-19(18-4-2-13-30-18)21(27)26(22(20)28)8-3-7-25-9-11-29-12-10-25/h2,4-6,13-14,24H,3,7-12H2,1H3. The molecule has 2 aliphatic heterocycles. The van der Waals surface area contributed by atoms with Crippen LogP contribution in [-0.4, -0.2) is 61.0 Å². The van der Waals surface area contributed by atoms with Crippen LogP contribution in [-0.2, 0) is 14.3 Å². The van der Waals surface area contributed by atoms with Gasteiger partial charge in [0.25, 0.3) is 11.8 Å². The maximum Gasteiger partial charge on any atom is 0.278 e. The van der Waals surface area contributed by atoms with Crippen LogP contribution >= 0.6 is 22.9 Å². The summed E-state index contributed by atoms with van der Waals surface area (Å²) in [4.78, 5) is 30.9. The summed E-state index contributed by atoms with van der Waals surface area (Å²) in [5.41, 5.74) is 2.42. The van der Waals surface area contributed by atoms with Crippen molar-refractivity contribution >= 4 is 46.0 Å². The zero-order valence-electron chi connectivity index (χ0n) is 16.8. The molecule has 1 aromatic carbocycles. The van der Waals surface area contributed by atoms with Crippen molar-refractivity contribution in [3.8, 4) is 0 Å². The lowest BCUT2D eigenvalue weighted by molar-refractivity contribution is -0.136. The van der Waals surface area contributed by atoms with E-state index in [0.29, 0.717) is 22.8 Å². The Kier molecular flexibility index (Phi) is 6.53. The monoisotopic (exact) mass is 445 g/mol. The van der Waals surface area contributed by atoms with Crippen molar-refractivity contribution in [3.05, 3.63) is 56.9 Å². The third kappa shape index (κ3) is 4.44. The van der Waals surface area contributed by atoms with Crippen LogP contribution in [0.3, 0.4) is 0 Å². The topological polar surface area (TPSA) is 61.9 Å². The number of ether oxygens (including phenoxy) is 1. The Hall–Kier alpha value is -2.19. The molecule has 0 atom stereocenters. The van der Waals surface area contributed by atoms with Gasteiger partial charge < -0.3 is 10.1 Å². The Labute approximate surface area is 185 Å². The molecule has 8 heteroatoms. The average molecular weight is 446 g/mol. The van der Waals surface area contributed by atoms with Gasteiger partial charge in [-0.05, 0) is 42.5 Å². The van der Waals surface area contributed by atoms with Crippen molar-refractivity contribution in [1.82, 2.24) is 9.80 Å². The van der Waals surface area contributed by atoms with Crippen molar-refractivity contribution in [3.63, 3.8) is 0 Å². The highest BCUT2D eigenvalue weighted by atomic mass is 35.5. The van der Waals surface area contributed by atoms with E-state index in [2.05, 4.69) is 10.2 Å². The molecule has 1 aromatic heterocycles. The minimum Gasteiger partial charge on any atom is -0.379 e. The van der Waals surface area contributed by atoms with E-state index in [1.165, 1.54) is 16.2 Å². The normalized spacial score (nSPS) is 17.9. The summed E-state index contributed by atoms with van der Waals surface area (Å²) >= 11 is 7.59.